The number of fused-ring (bicyclic) bond motifs is 1. The Morgan fingerprint density at radius 2 is 2.25 bits per heavy atom. The molecule has 4 heterocycles. The average Bonchev–Trinajstić information content (AvgIpc) is 2.92. The molecule has 0 aliphatic carbocycles. The summed E-state index contributed by atoms with van der Waals surface area (Å²) in [5.41, 5.74) is 0.539. The maximum absolute atomic E-state index is 12.4. The fraction of sp³-hybridized carbons (Fsp3) is 0.375. The Labute approximate surface area is 141 Å². The van der Waals surface area contributed by atoms with Gasteiger partial charge in [-0.15, -0.1) is 4.72 Å². The number of rotatable bonds is 2. The second-order valence-corrected chi connectivity index (χ2v) is 7.97. The van der Waals surface area contributed by atoms with E-state index in [9.17, 15) is 8.76 Å². The molecule has 0 radical (unpaired) electrons. The summed E-state index contributed by atoms with van der Waals surface area (Å²) in [6.07, 6.45) is 5.89. The van der Waals surface area contributed by atoms with Crippen molar-refractivity contribution in [3.8, 4) is 5.88 Å². The van der Waals surface area contributed by atoms with Gasteiger partial charge in [-0.1, -0.05) is 10.3 Å². The molecular weight excluding hydrogens is 328 g/mol. The summed E-state index contributed by atoms with van der Waals surface area (Å²) < 4.78 is 33.5. The van der Waals surface area contributed by atoms with Gasteiger partial charge in [0.25, 0.3) is 5.88 Å². The zero-order valence-electron chi connectivity index (χ0n) is 13.1. The van der Waals surface area contributed by atoms with Crippen LogP contribution in [0.3, 0.4) is 0 Å². The van der Waals surface area contributed by atoms with Crippen molar-refractivity contribution in [2.75, 3.05) is 19.6 Å². The Morgan fingerprint density at radius 3 is 3.08 bits per heavy atom. The molecule has 2 aromatic rings. The summed E-state index contributed by atoms with van der Waals surface area (Å²) in [5.74, 6) is 0.186. The van der Waals surface area contributed by atoms with Gasteiger partial charge in [-0.25, -0.2) is 4.98 Å². The lowest BCUT2D eigenvalue weighted by molar-refractivity contribution is 0.0747. The molecule has 2 aliphatic rings. The Bertz CT molecular complexity index is 788. The average molecular weight is 346 g/mol. The number of hydrogen-bond donors (Lipinski definition) is 1. The highest BCUT2D eigenvalue weighted by Gasteiger charge is 2.46. The van der Waals surface area contributed by atoms with Crippen molar-refractivity contribution in [1.82, 2.24) is 19.6 Å². The summed E-state index contributed by atoms with van der Waals surface area (Å²) in [7, 11) is -3.58. The molecule has 1 spiro atoms. The first kappa shape index (κ1) is 15.6. The van der Waals surface area contributed by atoms with E-state index in [0.29, 0.717) is 6.54 Å². The van der Waals surface area contributed by atoms with Gasteiger partial charge in [0, 0.05) is 50.7 Å². The molecule has 2 unspecified atom stereocenters. The minimum atomic E-state index is -3.58. The number of sulfonamides is 1. The van der Waals surface area contributed by atoms with Gasteiger partial charge >= 0.3 is 0 Å². The quantitative estimate of drug-likeness (QED) is 0.816. The van der Waals surface area contributed by atoms with Crippen molar-refractivity contribution in [2.24, 2.45) is 0 Å². The van der Waals surface area contributed by atoms with Crippen molar-refractivity contribution < 1.29 is 13.5 Å². The third kappa shape index (κ3) is 2.93. The minimum absolute atomic E-state index is 0.104. The van der Waals surface area contributed by atoms with Crippen LogP contribution in [-0.4, -0.2) is 44.7 Å². The number of nitrogens with zero attached hydrogens (tertiary/aromatic N) is 3. The lowest BCUT2D eigenvalue weighted by Gasteiger charge is -2.27. The molecule has 1 fully saturated rings. The van der Waals surface area contributed by atoms with E-state index in [1.165, 1.54) is 6.07 Å². The zero-order chi connectivity index (χ0) is 16.6. The van der Waals surface area contributed by atoms with E-state index < -0.39 is 16.0 Å². The molecule has 126 valence electrons. The summed E-state index contributed by atoms with van der Waals surface area (Å²) in [6, 6.07) is 7.07. The Hall–Kier alpha value is -1.87. The van der Waals surface area contributed by atoms with Gasteiger partial charge in [-0.3, -0.25) is 9.88 Å². The highest BCUT2D eigenvalue weighted by Crippen LogP contribution is 2.35. The third-order valence-corrected chi connectivity index (χ3v) is 5.86. The molecule has 1 N–H and O–H groups in total. The van der Waals surface area contributed by atoms with Crippen LogP contribution in [0.15, 0.2) is 47.8 Å². The summed E-state index contributed by atoms with van der Waals surface area (Å²) >= 11 is 0. The summed E-state index contributed by atoms with van der Waals surface area (Å²) in [6.45, 7) is 2.48. The maximum Gasteiger partial charge on any atom is 0.272 e. The number of nitrogens with one attached hydrogen (secondary N) is 1. The fourth-order valence-electron chi connectivity index (χ4n) is 3.24. The van der Waals surface area contributed by atoms with Gasteiger partial charge in [-0.05, 0) is 17.7 Å². The SMILES string of the molecule is O=[S+]1([O-])NCC2(CCN(Cc3cccnc3)C2)Oc2ncccc21. The van der Waals surface area contributed by atoms with Gasteiger partial charge < -0.3 is 9.29 Å². The highest BCUT2D eigenvalue weighted by atomic mass is 32.3. The normalized spacial score (nSPS) is 29.9. The molecule has 2 aliphatic heterocycles. The first-order chi connectivity index (χ1) is 11.6. The van der Waals surface area contributed by atoms with E-state index >= 15 is 0 Å². The van der Waals surface area contributed by atoms with E-state index in [4.69, 9.17) is 4.74 Å². The monoisotopic (exact) mass is 346 g/mol. The van der Waals surface area contributed by atoms with Crippen molar-refractivity contribution in [3.05, 3.63) is 48.4 Å². The van der Waals surface area contributed by atoms with Gasteiger partial charge in [0.2, 0.25) is 4.90 Å². The van der Waals surface area contributed by atoms with Gasteiger partial charge in [-0.2, -0.15) is 0 Å². The topological polar surface area (TPSA) is 90.4 Å². The van der Waals surface area contributed by atoms with Crippen LogP contribution >= 0.6 is 0 Å². The molecular formula is C16H18N4O3S. The van der Waals surface area contributed by atoms with Gasteiger partial charge in [0.15, 0.2) is 10.4 Å². The third-order valence-electron chi connectivity index (χ3n) is 4.45. The predicted molar refractivity (Wildman–Crippen MR) is 86.8 cm³/mol. The first-order valence-corrected chi connectivity index (χ1v) is 9.30. The van der Waals surface area contributed by atoms with Crippen molar-refractivity contribution >= 4 is 10.4 Å². The molecule has 4 rings (SSSR count). The Morgan fingerprint density at radius 1 is 1.38 bits per heavy atom. The van der Waals surface area contributed by atoms with E-state index in [0.717, 1.165) is 25.1 Å². The molecule has 2 aromatic heterocycles. The lowest BCUT2D eigenvalue weighted by Crippen LogP contribution is -2.48. The molecule has 7 nitrogen and oxygen atoms in total. The predicted octanol–water partition coefficient (Wildman–Crippen LogP) is 1.01. The summed E-state index contributed by atoms with van der Waals surface area (Å²) in [5, 5.41) is 0. The summed E-state index contributed by atoms with van der Waals surface area (Å²) in [4.78, 5) is 10.6. The van der Waals surface area contributed by atoms with Crippen LogP contribution in [0.5, 0.6) is 5.88 Å². The number of aromatic nitrogens is 2. The van der Waals surface area contributed by atoms with Gasteiger partial charge in [0.05, 0.1) is 6.54 Å². The second kappa shape index (κ2) is 5.89. The first-order valence-electron chi connectivity index (χ1n) is 7.81. The van der Waals surface area contributed by atoms with Crippen molar-refractivity contribution in [3.63, 3.8) is 0 Å². The number of pyridine rings is 2. The lowest BCUT2D eigenvalue weighted by atomic mass is 10.0. The Balaban J connectivity index is 1.56. The van der Waals surface area contributed by atoms with Crippen LogP contribution in [0.1, 0.15) is 12.0 Å². The number of hydrogen-bond acceptors (Lipinski definition) is 6. The molecule has 0 aromatic carbocycles. The molecule has 1 saturated heterocycles. The Kier molecular flexibility index (Phi) is 3.84. The molecule has 0 bridgehead atoms. The molecule has 0 saturated carbocycles. The maximum atomic E-state index is 12.4. The molecule has 8 heteroatoms. The molecule has 24 heavy (non-hydrogen) atoms. The smallest absolute Gasteiger partial charge is 0.272 e. The van der Waals surface area contributed by atoms with Crippen LogP contribution in [-0.2, 0) is 21.2 Å². The van der Waals surface area contributed by atoms with E-state index in [1.807, 2.05) is 18.3 Å². The van der Waals surface area contributed by atoms with E-state index in [-0.39, 0.29) is 17.3 Å². The number of likely N-dealkylation sites (tertiary alicyclic amines) is 1. The largest absolute Gasteiger partial charge is 0.593 e. The van der Waals surface area contributed by atoms with E-state index in [2.05, 4.69) is 19.6 Å². The van der Waals surface area contributed by atoms with Crippen LogP contribution in [0.4, 0.5) is 0 Å². The molecule has 0 amide bonds. The van der Waals surface area contributed by atoms with Gasteiger partial charge in [0.1, 0.15) is 5.60 Å². The fourth-order valence-corrected chi connectivity index (χ4v) is 4.43. The van der Waals surface area contributed by atoms with Crippen LogP contribution < -0.4 is 9.46 Å². The van der Waals surface area contributed by atoms with Crippen LogP contribution in [0.2, 0.25) is 0 Å². The van der Waals surface area contributed by atoms with E-state index in [1.54, 1.807) is 18.5 Å². The van der Waals surface area contributed by atoms with Crippen LogP contribution in [0, 0.1) is 0 Å². The van der Waals surface area contributed by atoms with Crippen molar-refractivity contribution in [1.29, 1.82) is 0 Å². The number of ether oxygens (including phenoxy) is 1. The van der Waals surface area contributed by atoms with Crippen molar-refractivity contribution in [2.45, 2.75) is 23.5 Å². The zero-order valence-corrected chi connectivity index (χ0v) is 13.9. The highest BCUT2D eigenvalue weighted by molar-refractivity contribution is 7.95. The minimum Gasteiger partial charge on any atom is -0.593 e. The standard InChI is InChI=1S/C16H18N4O3S/c21-24(22)14-4-2-7-18-15(14)23-16(11-19-24)5-8-20(12-16)10-13-3-1-6-17-9-13/h1-4,6-7,9H,5,8,10-12H2,(H-,19,21,22). The van der Waals surface area contributed by atoms with Crippen LogP contribution in [0.25, 0.3) is 0 Å². The molecule has 2 atom stereocenters. The second-order valence-electron chi connectivity index (χ2n) is 6.24.